The van der Waals surface area contributed by atoms with Crippen molar-refractivity contribution < 1.29 is 8.42 Å². The monoisotopic (exact) mass is 198 g/mol. The van der Waals surface area contributed by atoms with Crippen molar-refractivity contribution in [3.05, 3.63) is 42.2 Å². The molecule has 0 aliphatic carbocycles. The van der Waals surface area contributed by atoms with Gasteiger partial charge in [-0.3, -0.25) is 0 Å². The van der Waals surface area contributed by atoms with Crippen molar-refractivity contribution in [1.29, 1.82) is 0 Å². The number of sulfonamides is 1. The third-order valence-corrected chi connectivity index (χ3v) is 2.43. The number of nitrogens with two attached hydrogens (primary N) is 1. The lowest BCUT2D eigenvalue weighted by Crippen LogP contribution is -2.12. The van der Waals surface area contributed by atoms with E-state index >= 15 is 0 Å². The number of nitrogens with zero attached hydrogens (tertiary/aromatic N) is 1. The van der Waals surface area contributed by atoms with Crippen LogP contribution in [-0.4, -0.2) is 8.42 Å². The standard InChI is InChI=1S/C8H10N2O2S/c1-10-6-7-3-2-4-8(5-7)13(9,11)12/h2-5H,1,6H2,(H2,9,11,12). The predicted molar refractivity (Wildman–Crippen MR) is 50.2 cm³/mol. The molecule has 0 spiro atoms. The largest absolute Gasteiger partial charge is 0.454 e. The SMILES string of the molecule is [CH2+][N-]Cc1cccc(S(N)(=O)=O)c1. The van der Waals surface area contributed by atoms with E-state index in [9.17, 15) is 8.42 Å². The van der Waals surface area contributed by atoms with Gasteiger partial charge in [0.1, 0.15) is 0 Å². The molecule has 0 radical (unpaired) electrons. The summed E-state index contributed by atoms with van der Waals surface area (Å²) < 4.78 is 21.8. The predicted octanol–water partition coefficient (Wildman–Crippen LogP) is 0.999. The van der Waals surface area contributed by atoms with Crippen molar-refractivity contribution in [3.63, 3.8) is 0 Å². The summed E-state index contributed by atoms with van der Waals surface area (Å²) in [4.78, 5) is 0.105. The third-order valence-electron chi connectivity index (χ3n) is 1.52. The molecule has 1 aromatic rings. The highest BCUT2D eigenvalue weighted by Gasteiger charge is 2.06. The Balaban J connectivity index is 3.06. The van der Waals surface area contributed by atoms with Crippen LogP contribution in [-0.2, 0) is 16.6 Å². The van der Waals surface area contributed by atoms with Crippen LogP contribution in [0, 0.1) is 7.05 Å². The number of hydrogen-bond donors (Lipinski definition) is 1. The van der Waals surface area contributed by atoms with Gasteiger partial charge in [0.15, 0.2) is 0 Å². The molecule has 1 rings (SSSR count). The summed E-state index contributed by atoms with van der Waals surface area (Å²) in [5.74, 6) is 0. The van der Waals surface area contributed by atoms with Gasteiger partial charge in [0.2, 0.25) is 10.0 Å². The Bertz CT molecular complexity index is 387. The van der Waals surface area contributed by atoms with Crippen molar-refractivity contribution in [2.24, 2.45) is 5.14 Å². The fourth-order valence-corrected chi connectivity index (χ4v) is 1.53. The van der Waals surface area contributed by atoms with Crippen LogP contribution < -0.4 is 5.14 Å². The zero-order valence-corrected chi connectivity index (χ0v) is 7.79. The van der Waals surface area contributed by atoms with Crippen molar-refractivity contribution >= 4 is 10.0 Å². The average molecular weight is 198 g/mol. The van der Waals surface area contributed by atoms with Crippen LogP contribution in [0.3, 0.4) is 0 Å². The van der Waals surface area contributed by atoms with Crippen molar-refractivity contribution in [2.45, 2.75) is 11.4 Å². The van der Waals surface area contributed by atoms with Gasteiger partial charge >= 0.3 is 0 Å². The first-order valence-corrected chi connectivity index (χ1v) is 5.13. The number of benzene rings is 1. The second-order valence-electron chi connectivity index (χ2n) is 2.57. The smallest absolute Gasteiger partial charge is 0.238 e. The van der Waals surface area contributed by atoms with Crippen LogP contribution in [0.5, 0.6) is 0 Å². The van der Waals surface area contributed by atoms with Crippen LogP contribution in [0.1, 0.15) is 5.56 Å². The summed E-state index contributed by atoms with van der Waals surface area (Å²) in [7, 11) is -0.289. The molecule has 0 aliphatic rings. The van der Waals surface area contributed by atoms with E-state index < -0.39 is 10.0 Å². The van der Waals surface area contributed by atoms with Gasteiger partial charge in [-0.25, -0.2) is 13.6 Å². The van der Waals surface area contributed by atoms with Crippen molar-refractivity contribution in [2.75, 3.05) is 0 Å². The second-order valence-corrected chi connectivity index (χ2v) is 4.14. The Hall–Kier alpha value is -1.04. The van der Waals surface area contributed by atoms with Gasteiger partial charge < -0.3 is 5.32 Å². The normalized spacial score (nSPS) is 11.5. The molecule has 0 saturated carbocycles. The second kappa shape index (κ2) is 3.78. The summed E-state index contributed by atoms with van der Waals surface area (Å²) in [6, 6.07) is 6.33. The minimum absolute atomic E-state index is 0.105. The van der Waals surface area contributed by atoms with Crippen LogP contribution in [0.25, 0.3) is 5.32 Å². The lowest BCUT2D eigenvalue weighted by molar-refractivity contribution is 0.597. The number of hydrogen-bond acceptors (Lipinski definition) is 2. The molecule has 0 aromatic heterocycles. The number of primary sulfonamides is 1. The van der Waals surface area contributed by atoms with Crippen LogP contribution in [0.2, 0.25) is 0 Å². The first-order valence-electron chi connectivity index (χ1n) is 3.58. The van der Waals surface area contributed by atoms with E-state index in [1.807, 2.05) is 0 Å². The van der Waals surface area contributed by atoms with Gasteiger partial charge in [0, 0.05) is 0 Å². The Morgan fingerprint density at radius 3 is 2.69 bits per heavy atom. The van der Waals surface area contributed by atoms with Gasteiger partial charge in [-0.15, -0.1) is 0 Å². The van der Waals surface area contributed by atoms with Crippen molar-refractivity contribution in [1.82, 2.24) is 0 Å². The molecule has 0 atom stereocenters. The molecule has 0 heterocycles. The molecule has 0 saturated heterocycles. The lowest BCUT2D eigenvalue weighted by atomic mass is 10.2. The molecular formula is C8H10N2O2S. The molecule has 5 heteroatoms. The number of rotatable bonds is 3. The summed E-state index contributed by atoms with van der Waals surface area (Å²) in [6.45, 7) is 0.392. The van der Waals surface area contributed by atoms with Crippen LogP contribution >= 0.6 is 0 Å². The molecular weight excluding hydrogens is 188 g/mol. The molecule has 13 heavy (non-hydrogen) atoms. The molecule has 0 unspecified atom stereocenters. The first kappa shape index (κ1) is 10.0. The van der Waals surface area contributed by atoms with E-state index in [1.165, 1.54) is 12.1 Å². The van der Waals surface area contributed by atoms with E-state index in [0.29, 0.717) is 6.54 Å². The maximum atomic E-state index is 10.9. The quantitative estimate of drug-likeness (QED) is 0.736. The minimum Gasteiger partial charge on any atom is -0.454 e. The molecule has 1 aromatic carbocycles. The molecule has 0 fully saturated rings. The minimum atomic E-state index is -3.61. The molecule has 0 aliphatic heterocycles. The summed E-state index contributed by atoms with van der Waals surface area (Å²) in [6.07, 6.45) is 0. The summed E-state index contributed by atoms with van der Waals surface area (Å²) in [5, 5.41) is 8.59. The van der Waals surface area contributed by atoms with Gasteiger partial charge in [-0.05, 0) is 19.2 Å². The van der Waals surface area contributed by atoms with Gasteiger partial charge in [0.05, 0.1) is 4.90 Å². The highest BCUT2D eigenvalue weighted by atomic mass is 32.2. The van der Waals surface area contributed by atoms with Crippen molar-refractivity contribution in [3.8, 4) is 0 Å². The van der Waals surface area contributed by atoms with Crippen LogP contribution in [0.15, 0.2) is 29.2 Å². The molecule has 4 nitrogen and oxygen atoms in total. The van der Waals surface area contributed by atoms with E-state index in [1.54, 1.807) is 12.1 Å². The fraction of sp³-hybridized carbons (Fsp3) is 0.125. The topological polar surface area (TPSA) is 74.3 Å². The molecule has 0 amide bonds. The lowest BCUT2D eigenvalue weighted by Gasteiger charge is -2.05. The third kappa shape index (κ3) is 2.73. The Morgan fingerprint density at radius 2 is 2.15 bits per heavy atom. The summed E-state index contributed by atoms with van der Waals surface area (Å²) in [5.41, 5.74) is 0.779. The Labute approximate surface area is 77.8 Å². The molecule has 2 N–H and O–H groups in total. The summed E-state index contributed by atoms with van der Waals surface area (Å²) >= 11 is 0. The Morgan fingerprint density at radius 1 is 1.46 bits per heavy atom. The van der Waals surface area contributed by atoms with Gasteiger partial charge in [0.25, 0.3) is 0 Å². The maximum absolute atomic E-state index is 10.9. The first-order chi connectivity index (χ1) is 6.04. The zero-order chi connectivity index (χ0) is 9.90. The molecule has 0 bridgehead atoms. The van der Waals surface area contributed by atoms with E-state index in [-0.39, 0.29) is 4.90 Å². The highest BCUT2D eigenvalue weighted by molar-refractivity contribution is 7.89. The Kier molecular flexibility index (Phi) is 2.92. The van der Waals surface area contributed by atoms with Gasteiger partial charge in [-0.2, -0.15) is 0 Å². The maximum Gasteiger partial charge on any atom is 0.238 e. The van der Waals surface area contributed by atoms with E-state index in [2.05, 4.69) is 12.4 Å². The van der Waals surface area contributed by atoms with E-state index in [0.717, 1.165) is 5.56 Å². The van der Waals surface area contributed by atoms with Gasteiger partial charge in [-0.1, -0.05) is 24.2 Å². The molecule has 70 valence electrons. The zero-order valence-electron chi connectivity index (χ0n) is 6.97. The fourth-order valence-electron chi connectivity index (χ4n) is 0.950. The highest BCUT2D eigenvalue weighted by Crippen LogP contribution is 2.11. The van der Waals surface area contributed by atoms with Crippen LogP contribution in [0.4, 0.5) is 0 Å². The van der Waals surface area contributed by atoms with E-state index in [4.69, 9.17) is 5.14 Å². The average Bonchev–Trinajstić information content (AvgIpc) is 2.04.